The molecule has 0 aromatic carbocycles. The summed E-state index contributed by atoms with van der Waals surface area (Å²) in [6.45, 7) is 3.74. The molecule has 2 saturated heterocycles. The first-order chi connectivity index (χ1) is 7.15. The minimum absolute atomic E-state index is 0.198. The fourth-order valence-corrected chi connectivity index (χ4v) is 2.55. The third-order valence-electron chi connectivity index (χ3n) is 3.17. The van der Waals surface area contributed by atoms with Gasteiger partial charge >= 0.3 is 6.09 Å². The lowest BCUT2D eigenvalue weighted by atomic mass is 9.93. The second-order valence-electron chi connectivity index (χ2n) is 4.60. The van der Waals surface area contributed by atoms with Crippen LogP contribution in [0.4, 0.5) is 4.79 Å². The molecule has 0 saturated carbocycles. The lowest BCUT2D eigenvalue weighted by molar-refractivity contribution is -0.000645. The summed E-state index contributed by atoms with van der Waals surface area (Å²) in [4.78, 5) is 15.5. The maximum atomic E-state index is 11.6. The summed E-state index contributed by atoms with van der Waals surface area (Å²) in [5, 5.41) is 0. The number of amides is 1. The molecule has 1 amide bonds. The SMILES string of the molecule is CN1CCCC2(C1)CN(CCN)C(=O)O2. The Balaban J connectivity index is 2.02. The number of likely N-dealkylation sites (tertiary alicyclic amines) is 1. The van der Waals surface area contributed by atoms with Crippen molar-refractivity contribution >= 4 is 6.09 Å². The number of likely N-dealkylation sites (N-methyl/N-ethyl adjacent to an activating group) is 1. The van der Waals surface area contributed by atoms with E-state index in [1.165, 1.54) is 0 Å². The summed E-state index contributed by atoms with van der Waals surface area (Å²) in [5.41, 5.74) is 5.19. The van der Waals surface area contributed by atoms with Gasteiger partial charge in [0.1, 0.15) is 5.60 Å². The van der Waals surface area contributed by atoms with Gasteiger partial charge in [0.2, 0.25) is 0 Å². The summed E-state index contributed by atoms with van der Waals surface area (Å²) in [5.74, 6) is 0. The van der Waals surface area contributed by atoms with Crippen molar-refractivity contribution in [1.29, 1.82) is 0 Å². The minimum Gasteiger partial charge on any atom is -0.440 e. The van der Waals surface area contributed by atoms with Crippen molar-refractivity contribution in [1.82, 2.24) is 9.80 Å². The van der Waals surface area contributed by atoms with Crippen molar-refractivity contribution in [2.45, 2.75) is 18.4 Å². The predicted molar refractivity (Wildman–Crippen MR) is 56.6 cm³/mol. The third kappa shape index (κ3) is 2.08. The van der Waals surface area contributed by atoms with E-state index < -0.39 is 0 Å². The molecule has 0 bridgehead atoms. The molecule has 5 heteroatoms. The van der Waals surface area contributed by atoms with Crippen LogP contribution in [0.5, 0.6) is 0 Å². The Bertz CT molecular complexity index is 259. The molecule has 5 nitrogen and oxygen atoms in total. The van der Waals surface area contributed by atoms with Crippen molar-refractivity contribution in [3.05, 3.63) is 0 Å². The monoisotopic (exact) mass is 213 g/mol. The summed E-state index contributed by atoms with van der Waals surface area (Å²) in [7, 11) is 2.07. The fraction of sp³-hybridized carbons (Fsp3) is 0.900. The summed E-state index contributed by atoms with van der Waals surface area (Å²) in [6, 6.07) is 0. The van der Waals surface area contributed by atoms with Crippen LogP contribution in [-0.2, 0) is 4.74 Å². The van der Waals surface area contributed by atoms with Crippen molar-refractivity contribution in [3.8, 4) is 0 Å². The Morgan fingerprint density at radius 1 is 1.53 bits per heavy atom. The molecule has 2 aliphatic rings. The highest BCUT2D eigenvalue weighted by atomic mass is 16.6. The second kappa shape index (κ2) is 3.98. The second-order valence-corrected chi connectivity index (χ2v) is 4.60. The quantitative estimate of drug-likeness (QED) is 0.693. The Labute approximate surface area is 90.1 Å². The van der Waals surface area contributed by atoms with E-state index in [4.69, 9.17) is 10.5 Å². The van der Waals surface area contributed by atoms with E-state index in [9.17, 15) is 4.79 Å². The Kier molecular flexibility index (Phi) is 2.84. The molecular formula is C10H19N3O2. The molecular weight excluding hydrogens is 194 g/mol. The normalized spacial score (nSPS) is 32.4. The van der Waals surface area contributed by atoms with Gasteiger partial charge in [-0.1, -0.05) is 0 Å². The molecule has 0 aromatic heterocycles. The molecule has 86 valence electrons. The number of rotatable bonds is 2. The molecule has 0 aliphatic carbocycles. The van der Waals surface area contributed by atoms with E-state index in [1.807, 2.05) is 0 Å². The summed E-state index contributed by atoms with van der Waals surface area (Å²) in [6.07, 6.45) is 1.88. The average molecular weight is 213 g/mol. The molecule has 2 N–H and O–H groups in total. The van der Waals surface area contributed by atoms with E-state index >= 15 is 0 Å². The molecule has 1 spiro atoms. The minimum atomic E-state index is -0.265. The maximum absolute atomic E-state index is 11.6. The predicted octanol–water partition coefficient (Wildman–Crippen LogP) is -0.138. The summed E-state index contributed by atoms with van der Waals surface area (Å²) >= 11 is 0. The molecule has 2 rings (SSSR count). The van der Waals surface area contributed by atoms with Gasteiger partial charge in [0.05, 0.1) is 6.54 Å². The molecule has 0 radical (unpaired) electrons. The Hall–Kier alpha value is -0.810. The first-order valence-corrected chi connectivity index (χ1v) is 5.52. The van der Waals surface area contributed by atoms with Crippen LogP contribution in [-0.4, -0.2) is 61.3 Å². The highest BCUT2D eigenvalue weighted by molar-refractivity contribution is 5.70. The zero-order valence-electron chi connectivity index (χ0n) is 9.24. The first-order valence-electron chi connectivity index (χ1n) is 5.52. The zero-order chi connectivity index (χ0) is 10.9. The van der Waals surface area contributed by atoms with E-state index in [0.29, 0.717) is 19.6 Å². The van der Waals surface area contributed by atoms with Crippen LogP contribution in [0, 0.1) is 0 Å². The smallest absolute Gasteiger partial charge is 0.410 e. The molecule has 2 aliphatic heterocycles. The Morgan fingerprint density at radius 3 is 3.00 bits per heavy atom. The van der Waals surface area contributed by atoms with Gasteiger partial charge in [0, 0.05) is 19.6 Å². The van der Waals surface area contributed by atoms with Gasteiger partial charge in [-0.05, 0) is 26.4 Å². The van der Waals surface area contributed by atoms with Crippen molar-refractivity contribution in [2.24, 2.45) is 5.73 Å². The average Bonchev–Trinajstić information content (AvgIpc) is 2.43. The van der Waals surface area contributed by atoms with E-state index in [2.05, 4.69) is 11.9 Å². The molecule has 2 heterocycles. The van der Waals surface area contributed by atoms with Crippen molar-refractivity contribution in [2.75, 3.05) is 39.8 Å². The molecule has 2 fully saturated rings. The van der Waals surface area contributed by atoms with Crippen molar-refractivity contribution in [3.63, 3.8) is 0 Å². The number of nitrogens with two attached hydrogens (primary N) is 1. The first kappa shape index (κ1) is 10.7. The van der Waals surface area contributed by atoms with Gasteiger partial charge < -0.3 is 20.3 Å². The lowest BCUT2D eigenvalue weighted by Gasteiger charge is -2.36. The molecule has 1 unspecified atom stereocenters. The van der Waals surface area contributed by atoms with Gasteiger partial charge in [-0.3, -0.25) is 0 Å². The topological polar surface area (TPSA) is 58.8 Å². The van der Waals surface area contributed by atoms with Crippen LogP contribution in [0.15, 0.2) is 0 Å². The van der Waals surface area contributed by atoms with Crippen LogP contribution in [0.3, 0.4) is 0 Å². The van der Waals surface area contributed by atoms with Gasteiger partial charge in [-0.15, -0.1) is 0 Å². The number of carbonyl (C=O) groups excluding carboxylic acids is 1. The number of piperidine rings is 1. The van der Waals surface area contributed by atoms with Gasteiger partial charge in [0.15, 0.2) is 0 Å². The van der Waals surface area contributed by atoms with Gasteiger partial charge in [-0.25, -0.2) is 4.79 Å². The van der Waals surface area contributed by atoms with Crippen LogP contribution in [0.2, 0.25) is 0 Å². The maximum Gasteiger partial charge on any atom is 0.410 e. The number of carbonyl (C=O) groups is 1. The highest BCUT2D eigenvalue weighted by Gasteiger charge is 2.46. The van der Waals surface area contributed by atoms with E-state index in [1.54, 1.807) is 4.90 Å². The number of ether oxygens (including phenoxy) is 1. The van der Waals surface area contributed by atoms with Gasteiger partial charge in [0.25, 0.3) is 0 Å². The number of hydrogen-bond donors (Lipinski definition) is 1. The van der Waals surface area contributed by atoms with Crippen LogP contribution >= 0.6 is 0 Å². The van der Waals surface area contributed by atoms with E-state index in [-0.39, 0.29) is 11.7 Å². The van der Waals surface area contributed by atoms with Crippen molar-refractivity contribution < 1.29 is 9.53 Å². The third-order valence-corrected chi connectivity index (χ3v) is 3.17. The lowest BCUT2D eigenvalue weighted by Crippen LogP contribution is -2.49. The standard InChI is InChI=1S/C10H19N3O2/c1-12-5-2-3-10(7-12)8-13(6-4-11)9(14)15-10/h2-8,11H2,1H3. The van der Waals surface area contributed by atoms with Gasteiger partial charge in [-0.2, -0.15) is 0 Å². The number of hydrogen-bond acceptors (Lipinski definition) is 4. The zero-order valence-corrected chi connectivity index (χ0v) is 9.24. The number of nitrogens with zero attached hydrogens (tertiary/aromatic N) is 2. The van der Waals surface area contributed by atoms with E-state index in [0.717, 1.165) is 25.9 Å². The molecule has 0 aromatic rings. The molecule has 15 heavy (non-hydrogen) atoms. The Morgan fingerprint density at radius 2 is 2.33 bits per heavy atom. The van der Waals surface area contributed by atoms with Crippen LogP contribution < -0.4 is 5.73 Å². The molecule has 1 atom stereocenters. The van der Waals surface area contributed by atoms with Crippen LogP contribution in [0.1, 0.15) is 12.8 Å². The van der Waals surface area contributed by atoms with Crippen LogP contribution in [0.25, 0.3) is 0 Å². The highest BCUT2D eigenvalue weighted by Crippen LogP contribution is 2.31. The fourth-order valence-electron chi connectivity index (χ4n) is 2.55. The largest absolute Gasteiger partial charge is 0.440 e. The summed E-state index contributed by atoms with van der Waals surface area (Å²) < 4.78 is 5.52.